The molecule has 1 aromatic carbocycles. The number of hydrazine groups is 1. The number of amides is 5. The number of nitrogens with zero attached hydrogens (tertiary/aromatic N) is 1. The number of aryl methyl sites for hydroxylation is 1. The topological polar surface area (TPSA) is 126 Å². The van der Waals surface area contributed by atoms with Gasteiger partial charge in [0.2, 0.25) is 11.8 Å². The number of ether oxygens (including phenoxy) is 1. The highest BCUT2D eigenvalue weighted by molar-refractivity contribution is 6.05. The Labute approximate surface area is 231 Å². The summed E-state index contributed by atoms with van der Waals surface area (Å²) in [6.07, 6.45) is 4.77. The van der Waals surface area contributed by atoms with Gasteiger partial charge in [-0.15, -0.1) is 0 Å². The van der Waals surface area contributed by atoms with E-state index in [9.17, 15) is 19.2 Å². The van der Waals surface area contributed by atoms with E-state index < -0.39 is 47.9 Å². The Morgan fingerprint density at radius 2 is 1.79 bits per heavy atom. The summed E-state index contributed by atoms with van der Waals surface area (Å²) < 4.78 is 5.56. The first-order valence-corrected chi connectivity index (χ1v) is 14.2. The number of carbonyl (C=O) groups is 4. The lowest BCUT2D eigenvalue weighted by atomic mass is 9.81. The van der Waals surface area contributed by atoms with Crippen LogP contribution in [-0.4, -0.2) is 47.7 Å². The molecular formula is C29H44N4O6. The number of rotatable bonds is 14. The first-order chi connectivity index (χ1) is 18.7. The molecule has 0 bridgehead atoms. The highest BCUT2D eigenvalue weighted by Crippen LogP contribution is 2.27. The maximum Gasteiger partial charge on any atom is 0.344 e. The minimum absolute atomic E-state index is 0.0876. The van der Waals surface area contributed by atoms with E-state index in [4.69, 9.17) is 9.57 Å². The van der Waals surface area contributed by atoms with Crippen molar-refractivity contribution in [3.05, 3.63) is 35.9 Å². The van der Waals surface area contributed by atoms with Crippen LogP contribution in [0.1, 0.15) is 78.2 Å². The molecule has 3 rings (SSSR count). The molecule has 1 unspecified atom stereocenters. The molecule has 10 heteroatoms. The van der Waals surface area contributed by atoms with Crippen LogP contribution in [0, 0.1) is 23.7 Å². The molecule has 0 aromatic heterocycles. The van der Waals surface area contributed by atoms with Gasteiger partial charge in [-0.2, -0.15) is 5.01 Å². The Morgan fingerprint density at radius 3 is 2.44 bits per heavy atom. The van der Waals surface area contributed by atoms with Crippen LogP contribution in [0.4, 0.5) is 4.79 Å². The second kappa shape index (κ2) is 15.0. The van der Waals surface area contributed by atoms with Crippen LogP contribution < -0.4 is 16.2 Å². The monoisotopic (exact) mass is 544 g/mol. The summed E-state index contributed by atoms with van der Waals surface area (Å²) in [6.45, 7) is 8.43. The molecule has 2 fully saturated rings. The van der Waals surface area contributed by atoms with Gasteiger partial charge in [-0.05, 0) is 62.3 Å². The maximum absolute atomic E-state index is 13.6. The highest BCUT2D eigenvalue weighted by atomic mass is 16.8. The summed E-state index contributed by atoms with van der Waals surface area (Å²) in [7, 11) is 0. The van der Waals surface area contributed by atoms with E-state index in [1.165, 1.54) is 0 Å². The van der Waals surface area contributed by atoms with Gasteiger partial charge in [0, 0.05) is 13.0 Å². The summed E-state index contributed by atoms with van der Waals surface area (Å²) >= 11 is 0. The number of imide groups is 1. The molecule has 4 atom stereocenters. The molecule has 2 aliphatic rings. The highest BCUT2D eigenvalue weighted by Gasteiger charge is 2.42. The zero-order valence-corrected chi connectivity index (χ0v) is 23.6. The van der Waals surface area contributed by atoms with Crippen molar-refractivity contribution in [2.24, 2.45) is 23.7 Å². The first kappa shape index (κ1) is 30.6. The molecule has 39 heavy (non-hydrogen) atoms. The minimum Gasteiger partial charge on any atom is -0.350 e. The fraction of sp³-hybridized carbons (Fsp3) is 0.655. The molecule has 216 valence electrons. The lowest BCUT2D eigenvalue weighted by molar-refractivity contribution is -0.203. The third kappa shape index (κ3) is 9.32. The number of urea groups is 1. The van der Waals surface area contributed by atoms with Gasteiger partial charge in [-0.25, -0.2) is 15.1 Å². The summed E-state index contributed by atoms with van der Waals surface area (Å²) in [5.41, 5.74) is 6.21. The van der Waals surface area contributed by atoms with Gasteiger partial charge in [0.25, 0.3) is 5.91 Å². The van der Waals surface area contributed by atoms with E-state index in [2.05, 4.69) is 16.2 Å². The van der Waals surface area contributed by atoms with Crippen molar-refractivity contribution in [1.29, 1.82) is 0 Å². The van der Waals surface area contributed by atoms with Gasteiger partial charge in [0.1, 0.15) is 6.04 Å². The molecule has 2 saturated heterocycles. The fourth-order valence-electron chi connectivity index (χ4n) is 5.11. The van der Waals surface area contributed by atoms with Crippen LogP contribution >= 0.6 is 0 Å². The standard InChI is InChI=1S/C29H44N4O6/c1-19(2)17-23(26(34)31-33-28(36)24(18-20(3)4)30-29(33)37)22(14-10-13-21-11-6-5-7-12-21)27(35)32-39-25-15-8-9-16-38-25/h5-7,11-12,19-20,22-25H,8-10,13-18H2,1-4H3,(H,30,37)(H,31,34)(H,32,35)/t22-,23+,24-,25?/m0/s1. The Kier molecular flexibility index (Phi) is 11.7. The first-order valence-electron chi connectivity index (χ1n) is 14.2. The van der Waals surface area contributed by atoms with Crippen LogP contribution in [0.25, 0.3) is 0 Å². The fourth-order valence-corrected chi connectivity index (χ4v) is 5.11. The van der Waals surface area contributed by atoms with Crippen molar-refractivity contribution in [2.75, 3.05) is 6.61 Å². The van der Waals surface area contributed by atoms with Crippen molar-refractivity contribution in [3.63, 3.8) is 0 Å². The van der Waals surface area contributed by atoms with Gasteiger partial charge in [-0.1, -0.05) is 58.0 Å². The quantitative estimate of drug-likeness (QED) is 0.241. The summed E-state index contributed by atoms with van der Waals surface area (Å²) in [4.78, 5) is 58.0. The molecule has 1 aromatic rings. The van der Waals surface area contributed by atoms with Crippen molar-refractivity contribution in [3.8, 4) is 0 Å². The Morgan fingerprint density at radius 1 is 1.05 bits per heavy atom. The van der Waals surface area contributed by atoms with E-state index >= 15 is 0 Å². The molecule has 0 spiro atoms. The van der Waals surface area contributed by atoms with E-state index in [1.54, 1.807) is 0 Å². The van der Waals surface area contributed by atoms with Crippen LogP contribution in [0.15, 0.2) is 30.3 Å². The SMILES string of the molecule is CC(C)C[C@@H]1NC(=O)N(NC(=O)[C@H](CC(C)C)[C@H](CCCc2ccccc2)C(=O)NOC2CCCCO2)C1=O. The van der Waals surface area contributed by atoms with Gasteiger partial charge >= 0.3 is 6.03 Å². The van der Waals surface area contributed by atoms with Gasteiger partial charge in [0.15, 0.2) is 6.29 Å². The molecule has 0 aliphatic carbocycles. The number of benzene rings is 1. The van der Waals surface area contributed by atoms with Crippen molar-refractivity contribution < 1.29 is 28.8 Å². The number of hydrogen-bond donors (Lipinski definition) is 3. The van der Waals surface area contributed by atoms with Crippen LogP contribution in [0.5, 0.6) is 0 Å². The average Bonchev–Trinajstić information content (AvgIpc) is 3.16. The Hall–Kier alpha value is -2.98. The third-order valence-corrected chi connectivity index (χ3v) is 7.09. The summed E-state index contributed by atoms with van der Waals surface area (Å²) in [5, 5.41) is 3.40. The molecule has 0 radical (unpaired) electrons. The van der Waals surface area contributed by atoms with E-state index in [-0.39, 0.29) is 11.8 Å². The molecule has 0 saturated carbocycles. The lowest BCUT2D eigenvalue weighted by Gasteiger charge is -2.29. The van der Waals surface area contributed by atoms with Crippen LogP contribution in [0.2, 0.25) is 0 Å². The molecule has 5 amide bonds. The van der Waals surface area contributed by atoms with Gasteiger partial charge in [0.05, 0.1) is 11.8 Å². The third-order valence-electron chi connectivity index (χ3n) is 7.09. The zero-order chi connectivity index (χ0) is 28.4. The minimum atomic E-state index is -0.776. The molecule has 10 nitrogen and oxygen atoms in total. The van der Waals surface area contributed by atoms with E-state index in [0.29, 0.717) is 38.7 Å². The smallest absolute Gasteiger partial charge is 0.344 e. The van der Waals surface area contributed by atoms with Gasteiger partial charge in [-0.3, -0.25) is 19.8 Å². The number of hydrogen-bond acceptors (Lipinski definition) is 6. The van der Waals surface area contributed by atoms with Gasteiger partial charge < -0.3 is 10.1 Å². The van der Waals surface area contributed by atoms with Crippen molar-refractivity contribution >= 4 is 23.8 Å². The molecular weight excluding hydrogens is 500 g/mol. The summed E-state index contributed by atoms with van der Waals surface area (Å²) in [5.74, 6) is -2.67. The number of hydroxylamine groups is 1. The predicted molar refractivity (Wildman–Crippen MR) is 145 cm³/mol. The predicted octanol–water partition coefficient (Wildman–Crippen LogP) is 3.86. The zero-order valence-electron chi connectivity index (χ0n) is 23.6. The lowest BCUT2D eigenvalue weighted by Crippen LogP contribution is -2.52. The van der Waals surface area contributed by atoms with Crippen LogP contribution in [0.3, 0.4) is 0 Å². The summed E-state index contributed by atoms with van der Waals surface area (Å²) in [6, 6.07) is 8.61. The number of nitrogens with one attached hydrogen (secondary N) is 3. The maximum atomic E-state index is 13.6. The van der Waals surface area contributed by atoms with E-state index in [0.717, 1.165) is 29.8 Å². The Balaban J connectivity index is 1.74. The largest absolute Gasteiger partial charge is 0.350 e. The second-order valence-electron chi connectivity index (χ2n) is 11.4. The number of carbonyl (C=O) groups excluding carboxylic acids is 4. The van der Waals surface area contributed by atoms with Crippen molar-refractivity contribution in [1.82, 2.24) is 21.2 Å². The molecule has 2 aliphatic heterocycles. The van der Waals surface area contributed by atoms with Crippen LogP contribution in [-0.2, 0) is 30.4 Å². The average molecular weight is 545 g/mol. The van der Waals surface area contributed by atoms with E-state index in [1.807, 2.05) is 58.0 Å². The van der Waals surface area contributed by atoms with Crippen molar-refractivity contribution in [2.45, 2.75) is 91.4 Å². The normalized spacial score (nSPS) is 21.1. The molecule has 3 N–H and O–H groups in total. The Bertz CT molecular complexity index is 964. The molecule has 2 heterocycles. The second-order valence-corrected chi connectivity index (χ2v) is 11.4.